The average Bonchev–Trinajstić information content (AvgIpc) is 2.87. The summed E-state index contributed by atoms with van der Waals surface area (Å²) in [5.74, 6) is 0.531. The second kappa shape index (κ2) is 8.72. The van der Waals surface area contributed by atoms with E-state index in [1.54, 1.807) is 37.4 Å². The van der Waals surface area contributed by atoms with Gasteiger partial charge < -0.3 is 14.4 Å². The van der Waals surface area contributed by atoms with Gasteiger partial charge in [0.05, 0.1) is 16.1 Å². The Kier molecular flexibility index (Phi) is 5.59. The van der Waals surface area contributed by atoms with E-state index in [1.165, 1.54) is 17.0 Å². The summed E-state index contributed by atoms with van der Waals surface area (Å²) in [7, 11) is -2.31. The number of anilines is 2. The van der Waals surface area contributed by atoms with Crippen molar-refractivity contribution in [3.8, 4) is 11.5 Å². The van der Waals surface area contributed by atoms with Crippen LogP contribution in [0.3, 0.4) is 0 Å². The monoisotopic (exact) mass is 474 g/mol. The summed E-state index contributed by atoms with van der Waals surface area (Å²) in [6.45, 7) is 0.764. The molecule has 0 atom stereocenters. The van der Waals surface area contributed by atoms with E-state index in [-0.39, 0.29) is 22.1 Å². The van der Waals surface area contributed by atoms with Crippen LogP contribution in [0.2, 0.25) is 0 Å². The molecule has 0 saturated heterocycles. The van der Waals surface area contributed by atoms with Crippen LogP contribution >= 0.6 is 0 Å². The van der Waals surface area contributed by atoms with E-state index in [2.05, 4.69) is 4.72 Å². The third kappa shape index (κ3) is 4.15. The lowest BCUT2D eigenvalue weighted by atomic mass is 10.1. The quantitative estimate of drug-likeness (QED) is 0.454. The number of fused-ring (bicyclic) bond motifs is 2. The lowest BCUT2D eigenvalue weighted by molar-refractivity contribution is 0.0994. The van der Waals surface area contributed by atoms with Crippen molar-refractivity contribution in [2.75, 3.05) is 29.9 Å². The largest absolute Gasteiger partial charge is 0.486 e. The number of carbonyl (C=O) groups is 1. The summed E-state index contributed by atoms with van der Waals surface area (Å²) in [6, 6.07) is 24.6. The van der Waals surface area contributed by atoms with Crippen molar-refractivity contribution < 1.29 is 22.7 Å². The van der Waals surface area contributed by atoms with Crippen LogP contribution in [0.5, 0.6) is 11.5 Å². The van der Waals surface area contributed by atoms with E-state index in [1.807, 2.05) is 42.5 Å². The Hall–Kier alpha value is -4.04. The number of amides is 1. The van der Waals surface area contributed by atoms with Gasteiger partial charge in [0.25, 0.3) is 15.9 Å². The molecule has 4 aromatic rings. The van der Waals surface area contributed by atoms with Crippen LogP contribution < -0.4 is 19.1 Å². The van der Waals surface area contributed by atoms with Crippen LogP contribution in [0.15, 0.2) is 89.8 Å². The molecule has 0 aliphatic carbocycles. The third-order valence-corrected chi connectivity index (χ3v) is 7.01. The molecule has 7 nitrogen and oxygen atoms in total. The Morgan fingerprint density at radius 2 is 1.53 bits per heavy atom. The molecule has 0 unspecified atom stereocenters. The lowest BCUT2D eigenvalue weighted by Gasteiger charge is -2.21. The summed E-state index contributed by atoms with van der Waals surface area (Å²) in [4.78, 5) is 14.9. The fourth-order valence-electron chi connectivity index (χ4n) is 3.84. The highest BCUT2D eigenvalue weighted by atomic mass is 32.2. The van der Waals surface area contributed by atoms with Crippen LogP contribution in [-0.2, 0) is 10.0 Å². The smallest absolute Gasteiger partial charge is 0.262 e. The number of rotatable bonds is 5. The highest BCUT2D eigenvalue weighted by molar-refractivity contribution is 7.92. The van der Waals surface area contributed by atoms with Gasteiger partial charge in [-0.15, -0.1) is 0 Å². The summed E-state index contributed by atoms with van der Waals surface area (Å²) >= 11 is 0. The van der Waals surface area contributed by atoms with Crippen molar-refractivity contribution in [3.05, 3.63) is 90.5 Å². The summed E-state index contributed by atoms with van der Waals surface area (Å²) in [5, 5.41) is 2.08. The first-order valence-electron chi connectivity index (χ1n) is 10.7. The number of nitrogens with zero attached hydrogens (tertiary/aromatic N) is 1. The van der Waals surface area contributed by atoms with Crippen LogP contribution in [0.1, 0.15) is 10.4 Å². The number of hydrogen-bond acceptors (Lipinski definition) is 5. The maximum absolute atomic E-state index is 13.4. The molecule has 5 rings (SSSR count). The fourth-order valence-corrected chi connectivity index (χ4v) is 4.93. The van der Waals surface area contributed by atoms with Gasteiger partial charge >= 0.3 is 0 Å². The van der Waals surface area contributed by atoms with E-state index in [0.717, 1.165) is 10.8 Å². The Balaban J connectivity index is 1.44. The maximum Gasteiger partial charge on any atom is 0.262 e. The molecule has 1 aliphatic rings. The Bertz CT molecular complexity index is 1500. The second-order valence-electron chi connectivity index (χ2n) is 7.85. The molecule has 0 aromatic heterocycles. The minimum absolute atomic E-state index is 0.0156. The number of sulfonamides is 1. The molecule has 1 N–H and O–H groups in total. The Morgan fingerprint density at radius 1 is 0.824 bits per heavy atom. The zero-order chi connectivity index (χ0) is 23.7. The lowest BCUT2D eigenvalue weighted by Crippen LogP contribution is -2.27. The first kappa shape index (κ1) is 21.8. The van der Waals surface area contributed by atoms with Crippen molar-refractivity contribution in [1.29, 1.82) is 0 Å². The highest BCUT2D eigenvalue weighted by Gasteiger charge is 2.23. The molecule has 0 fully saturated rings. The zero-order valence-electron chi connectivity index (χ0n) is 18.4. The topological polar surface area (TPSA) is 84.9 Å². The number of benzene rings is 4. The molecular formula is C26H22N2O5S. The first-order valence-corrected chi connectivity index (χ1v) is 12.2. The number of para-hydroxylation sites is 1. The SMILES string of the molecule is CN(C(=O)c1ccccc1NS(=O)(=O)c1ccc2c(c1)OCCO2)c1ccc2ccccc2c1. The van der Waals surface area contributed by atoms with E-state index in [9.17, 15) is 13.2 Å². The van der Waals surface area contributed by atoms with Crippen LogP contribution in [0.4, 0.5) is 11.4 Å². The second-order valence-corrected chi connectivity index (χ2v) is 9.53. The summed E-state index contributed by atoms with van der Waals surface area (Å²) in [5.41, 5.74) is 1.13. The van der Waals surface area contributed by atoms with E-state index >= 15 is 0 Å². The molecule has 0 bridgehead atoms. The Labute approximate surface area is 197 Å². The molecule has 1 aliphatic heterocycles. The molecule has 4 aromatic carbocycles. The van der Waals surface area contributed by atoms with Gasteiger partial charge in [0, 0.05) is 18.8 Å². The molecule has 34 heavy (non-hydrogen) atoms. The van der Waals surface area contributed by atoms with Gasteiger partial charge in [-0.2, -0.15) is 0 Å². The molecule has 172 valence electrons. The number of nitrogens with one attached hydrogen (secondary N) is 1. The number of hydrogen-bond donors (Lipinski definition) is 1. The van der Waals surface area contributed by atoms with Crippen molar-refractivity contribution >= 4 is 38.1 Å². The van der Waals surface area contributed by atoms with Gasteiger partial charge in [0.2, 0.25) is 0 Å². The van der Waals surface area contributed by atoms with E-state index < -0.39 is 10.0 Å². The molecule has 1 heterocycles. The maximum atomic E-state index is 13.4. The summed E-state index contributed by atoms with van der Waals surface area (Å²) in [6.07, 6.45) is 0. The third-order valence-electron chi connectivity index (χ3n) is 5.65. The molecule has 0 spiro atoms. The Morgan fingerprint density at radius 3 is 2.35 bits per heavy atom. The number of carbonyl (C=O) groups excluding carboxylic acids is 1. The van der Waals surface area contributed by atoms with Crippen LogP contribution in [0, 0.1) is 0 Å². The van der Waals surface area contributed by atoms with Gasteiger partial charge in [-0.25, -0.2) is 8.42 Å². The molecule has 1 amide bonds. The van der Waals surface area contributed by atoms with Crippen molar-refractivity contribution in [2.45, 2.75) is 4.90 Å². The van der Waals surface area contributed by atoms with Crippen LogP contribution in [0.25, 0.3) is 10.8 Å². The number of ether oxygens (including phenoxy) is 2. The molecule has 0 radical (unpaired) electrons. The zero-order valence-corrected chi connectivity index (χ0v) is 19.2. The van der Waals surface area contributed by atoms with Gasteiger partial charge in [-0.3, -0.25) is 9.52 Å². The van der Waals surface area contributed by atoms with E-state index in [4.69, 9.17) is 9.47 Å². The standard InChI is InChI=1S/C26H22N2O5S/c1-28(20-11-10-18-6-2-3-7-19(18)16-20)26(29)22-8-4-5-9-23(22)27-34(30,31)21-12-13-24-25(17-21)33-15-14-32-24/h2-13,16-17,27H,14-15H2,1H3. The van der Waals surface area contributed by atoms with Gasteiger partial charge in [-0.1, -0.05) is 42.5 Å². The summed E-state index contributed by atoms with van der Waals surface area (Å²) < 4.78 is 39.8. The van der Waals surface area contributed by atoms with Gasteiger partial charge in [0.1, 0.15) is 13.2 Å². The predicted octanol–water partition coefficient (Wildman–Crippen LogP) is 4.69. The molecule has 0 saturated carbocycles. The van der Waals surface area contributed by atoms with Crippen molar-refractivity contribution in [2.24, 2.45) is 0 Å². The first-order chi connectivity index (χ1) is 16.4. The van der Waals surface area contributed by atoms with Crippen molar-refractivity contribution in [3.63, 3.8) is 0 Å². The van der Waals surface area contributed by atoms with Crippen molar-refractivity contribution in [1.82, 2.24) is 0 Å². The average molecular weight is 475 g/mol. The minimum atomic E-state index is -3.98. The fraction of sp³-hybridized carbons (Fsp3) is 0.115. The minimum Gasteiger partial charge on any atom is -0.486 e. The molecule has 8 heteroatoms. The predicted molar refractivity (Wildman–Crippen MR) is 131 cm³/mol. The van der Waals surface area contributed by atoms with Gasteiger partial charge in [-0.05, 0) is 47.2 Å². The van der Waals surface area contributed by atoms with Crippen LogP contribution in [-0.4, -0.2) is 34.6 Å². The van der Waals surface area contributed by atoms with Gasteiger partial charge in [0.15, 0.2) is 11.5 Å². The molecular weight excluding hydrogens is 452 g/mol. The van der Waals surface area contributed by atoms with E-state index in [0.29, 0.717) is 30.4 Å². The highest BCUT2D eigenvalue weighted by Crippen LogP contribution is 2.33. The normalized spacial score (nSPS) is 12.9.